The van der Waals surface area contributed by atoms with Gasteiger partial charge in [0.15, 0.2) is 0 Å². The summed E-state index contributed by atoms with van der Waals surface area (Å²) in [5, 5.41) is 5.65. The van der Waals surface area contributed by atoms with E-state index in [9.17, 15) is 0 Å². The van der Waals surface area contributed by atoms with E-state index in [2.05, 4.69) is 82.5 Å². The predicted molar refractivity (Wildman–Crippen MR) is 95.0 cm³/mol. The number of anilines is 1. The Kier molecular flexibility index (Phi) is 5.41. The summed E-state index contributed by atoms with van der Waals surface area (Å²) in [5.74, 6) is 1.03. The number of aromatic nitrogens is 1. The Morgan fingerprint density at radius 1 is 1.38 bits per heavy atom. The average molecular weight is 368 g/mol. The van der Waals surface area contributed by atoms with E-state index in [0.29, 0.717) is 0 Å². The molecule has 114 valence electrons. The van der Waals surface area contributed by atoms with E-state index < -0.39 is 0 Å². The number of hydrogen-bond acceptors (Lipinski definition) is 4. The molecule has 3 nitrogen and oxygen atoms in total. The molecule has 0 spiro atoms. The van der Waals surface area contributed by atoms with E-state index in [1.165, 1.54) is 10.4 Å². The minimum absolute atomic E-state index is 0.0892. The van der Waals surface area contributed by atoms with Crippen molar-refractivity contribution in [1.29, 1.82) is 0 Å². The molecule has 0 saturated heterocycles. The summed E-state index contributed by atoms with van der Waals surface area (Å²) in [5.41, 5.74) is 1.30. The number of hydrogen-bond donors (Lipinski definition) is 1. The fourth-order valence-corrected chi connectivity index (χ4v) is 3.16. The number of pyridine rings is 1. The topological polar surface area (TPSA) is 28.2 Å². The van der Waals surface area contributed by atoms with Gasteiger partial charge in [0.05, 0.1) is 6.54 Å². The minimum atomic E-state index is 0.0892. The van der Waals surface area contributed by atoms with Gasteiger partial charge in [0, 0.05) is 40.2 Å². The molecule has 5 heteroatoms. The van der Waals surface area contributed by atoms with Crippen molar-refractivity contribution in [2.75, 3.05) is 11.9 Å². The molecule has 0 radical (unpaired) electrons. The van der Waals surface area contributed by atoms with Gasteiger partial charge in [0.1, 0.15) is 5.82 Å². The van der Waals surface area contributed by atoms with Gasteiger partial charge >= 0.3 is 0 Å². The summed E-state index contributed by atoms with van der Waals surface area (Å²) in [6.07, 6.45) is 1.86. The maximum atomic E-state index is 4.60. The summed E-state index contributed by atoms with van der Waals surface area (Å²) in [6.45, 7) is 8.21. The number of halogens is 1. The molecule has 0 unspecified atom stereocenters. The van der Waals surface area contributed by atoms with Crippen LogP contribution < -0.4 is 10.2 Å². The Morgan fingerprint density at radius 3 is 2.76 bits per heavy atom. The third kappa shape index (κ3) is 5.09. The predicted octanol–water partition coefficient (Wildman–Crippen LogP) is 4.43. The van der Waals surface area contributed by atoms with Gasteiger partial charge < -0.3 is 10.2 Å². The molecule has 2 heterocycles. The van der Waals surface area contributed by atoms with Gasteiger partial charge in [-0.05, 0) is 54.2 Å². The van der Waals surface area contributed by atoms with E-state index in [1.54, 1.807) is 11.3 Å². The van der Waals surface area contributed by atoms with E-state index in [0.717, 1.165) is 23.4 Å². The summed E-state index contributed by atoms with van der Waals surface area (Å²) in [7, 11) is 2.09. The molecule has 0 atom stereocenters. The smallest absolute Gasteiger partial charge is 0.133 e. The quantitative estimate of drug-likeness (QED) is 0.846. The highest BCUT2D eigenvalue weighted by atomic mass is 79.9. The zero-order chi connectivity index (χ0) is 15.5. The molecule has 0 aliphatic carbocycles. The number of thiophene rings is 1. The zero-order valence-corrected chi connectivity index (χ0v) is 15.4. The summed E-state index contributed by atoms with van der Waals surface area (Å²) < 4.78 is 1.02. The molecule has 0 amide bonds. The van der Waals surface area contributed by atoms with Gasteiger partial charge in [-0.1, -0.05) is 6.07 Å². The number of rotatable bonds is 5. The third-order valence-electron chi connectivity index (χ3n) is 3.05. The van der Waals surface area contributed by atoms with Gasteiger partial charge in [0.2, 0.25) is 0 Å². The van der Waals surface area contributed by atoms with Crippen molar-refractivity contribution in [2.24, 2.45) is 0 Å². The molecule has 0 bridgehead atoms. The highest BCUT2D eigenvalue weighted by Crippen LogP contribution is 2.23. The molecular formula is C16H22BrN3S. The van der Waals surface area contributed by atoms with Crippen LogP contribution in [0, 0.1) is 0 Å². The molecule has 21 heavy (non-hydrogen) atoms. The first-order valence-corrected chi connectivity index (χ1v) is 8.65. The van der Waals surface area contributed by atoms with Crippen molar-refractivity contribution in [3.8, 4) is 0 Å². The second-order valence-corrected chi connectivity index (χ2v) is 8.12. The Hall–Kier alpha value is -0.910. The van der Waals surface area contributed by atoms with E-state index in [4.69, 9.17) is 0 Å². The molecule has 1 N–H and O–H groups in total. The van der Waals surface area contributed by atoms with E-state index in [-0.39, 0.29) is 5.54 Å². The van der Waals surface area contributed by atoms with Crippen LogP contribution in [0.1, 0.15) is 31.2 Å². The van der Waals surface area contributed by atoms with Crippen LogP contribution in [0.25, 0.3) is 0 Å². The summed E-state index contributed by atoms with van der Waals surface area (Å²) in [6, 6.07) is 6.39. The first-order chi connectivity index (χ1) is 9.85. The van der Waals surface area contributed by atoms with Crippen molar-refractivity contribution >= 4 is 33.1 Å². The van der Waals surface area contributed by atoms with Crippen LogP contribution in [-0.2, 0) is 13.1 Å². The van der Waals surface area contributed by atoms with Crippen molar-refractivity contribution in [1.82, 2.24) is 10.3 Å². The maximum Gasteiger partial charge on any atom is 0.133 e. The molecule has 2 aromatic heterocycles. The monoisotopic (exact) mass is 367 g/mol. The van der Waals surface area contributed by atoms with Crippen molar-refractivity contribution in [3.05, 3.63) is 44.7 Å². The van der Waals surface area contributed by atoms with E-state index in [1.807, 2.05) is 6.20 Å². The second-order valence-electron chi connectivity index (χ2n) is 6.18. The zero-order valence-electron chi connectivity index (χ0n) is 13.0. The molecule has 0 aliphatic rings. The number of nitrogens with zero attached hydrogens (tertiary/aromatic N) is 2. The number of nitrogens with one attached hydrogen (secondary N) is 1. The largest absolute Gasteiger partial charge is 0.354 e. The second kappa shape index (κ2) is 6.90. The Bertz CT molecular complexity index is 576. The van der Waals surface area contributed by atoms with Crippen LogP contribution in [-0.4, -0.2) is 17.6 Å². The van der Waals surface area contributed by atoms with Gasteiger partial charge in [-0.15, -0.1) is 11.3 Å². The van der Waals surface area contributed by atoms with Crippen LogP contribution in [0.3, 0.4) is 0 Å². The standard InChI is InChI=1S/C16H22BrN3S/c1-16(2,3)19-9-12-8-13(17)10-18-15(12)20(4)11-14-6-5-7-21-14/h5-8,10,19H,9,11H2,1-4H3. The third-order valence-corrected chi connectivity index (χ3v) is 4.35. The van der Waals surface area contributed by atoms with Crippen LogP contribution in [0.15, 0.2) is 34.2 Å². The first-order valence-electron chi connectivity index (χ1n) is 6.98. The average Bonchev–Trinajstić information content (AvgIpc) is 2.88. The summed E-state index contributed by atoms with van der Waals surface area (Å²) in [4.78, 5) is 8.15. The SMILES string of the molecule is CN(Cc1cccs1)c1ncc(Br)cc1CNC(C)(C)C. The summed E-state index contributed by atoms with van der Waals surface area (Å²) >= 11 is 5.30. The fourth-order valence-electron chi connectivity index (χ4n) is 2.02. The lowest BCUT2D eigenvalue weighted by molar-refractivity contribution is 0.424. The Morgan fingerprint density at radius 2 is 2.14 bits per heavy atom. The lowest BCUT2D eigenvalue weighted by Gasteiger charge is -2.24. The molecule has 2 aromatic rings. The van der Waals surface area contributed by atoms with Crippen LogP contribution in [0.5, 0.6) is 0 Å². The van der Waals surface area contributed by atoms with Gasteiger partial charge in [0.25, 0.3) is 0 Å². The van der Waals surface area contributed by atoms with Crippen LogP contribution in [0.4, 0.5) is 5.82 Å². The van der Waals surface area contributed by atoms with Crippen LogP contribution >= 0.6 is 27.3 Å². The Balaban J connectivity index is 2.17. The molecule has 0 fully saturated rings. The highest BCUT2D eigenvalue weighted by Gasteiger charge is 2.14. The molecule has 0 aliphatic heterocycles. The Labute approximate surface area is 139 Å². The van der Waals surface area contributed by atoms with E-state index >= 15 is 0 Å². The lowest BCUT2D eigenvalue weighted by atomic mass is 10.1. The lowest BCUT2D eigenvalue weighted by Crippen LogP contribution is -2.35. The maximum absolute atomic E-state index is 4.60. The van der Waals surface area contributed by atoms with Gasteiger partial charge in [-0.3, -0.25) is 0 Å². The molecular weight excluding hydrogens is 346 g/mol. The van der Waals surface area contributed by atoms with Gasteiger partial charge in [-0.2, -0.15) is 0 Å². The molecule has 0 aromatic carbocycles. The molecule has 0 saturated carbocycles. The van der Waals surface area contributed by atoms with Crippen molar-refractivity contribution < 1.29 is 0 Å². The van der Waals surface area contributed by atoms with Crippen molar-refractivity contribution in [2.45, 2.75) is 39.4 Å². The van der Waals surface area contributed by atoms with Crippen molar-refractivity contribution in [3.63, 3.8) is 0 Å². The fraction of sp³-hybridized carbons (Fsp3) is 0.438. The van der Waals surface area contributed by atoms with Crippen LogP contribution in [0.2, 0.25) is 0 Å². The molecule has 2 rings (SSSR count). The first kappa shape index (κ1) is 16.5. The van der Waals surface area contributed by atoms with Gasteiger partial charge in [-0.25, -0.2) is 4.98 Å². The normalized spacial score (nSPS) is 11.7. The minimum Gasteiger partial charge on any atom is -0.354 e. The highest BCUT2D eigenvalue weighted by molar-refractivity contribution is 9.10.